The van der Waals surface area contributed by atoms with E-state index in [1.807, 2.05) is 6.08 Å². The summed E-state index contributed by atoms with van der Waals surface area (Å²) in [5.41, 5.74) is 6.89. The molecule has 0 fully saturated rings. The van der Waals surface area contributed by atoms with Gasteiger partial charge in [0.25, 0.3) is 0 Å². The molecule has 0 unspecified atom stereocenters. The Labute approximate surface area is 208 Å². The monoisotopic (exact) mass is 480 g/mol. The molecule has 1 aliphatic carbocycles. The van der Waals surface area contributed by atoms with Crippen LogP contribution in [-0.4, -0.2) is 42.8 Å². The van der Waals surface area contributed by atoms with Crippen molar-refractivity contribution in [2.75, 3.05) is 6.61 Å². The van der Waals surface area contributed by atoms with E-state index in [-0.39, 0.29) is 30.1 Å². The highest BCUT2D eigenvalue weighted by Gasteiger charge is 2.35. The molecule has 0 radical (unpaired) electrons. The second-order valence-electron chi connectivity index (χ2n) is 9.85. The Kier molecular flexibility index (Phi) is 17.0. The average Bonchev–Trinajstić information content (AvgIpc) is 2.81. The number of hydrogen-bond donors (Lipinski definition) is 2. The number of hydrogen-bond acceptors (Lipinski definition) is 5. The van der Waals surface area contributed by atoms with Crippen molar-refractivity contribution in [3.63, 3.8) is 0 Å². The zero-order valence-corrected chi connectivity index (χ0v) is 22.4. The Morgan fingerprint density at radius 3 is 1.97 bits per heavy atom. The smallest absolute Gasteiger partial charge is 0.333 e. The van der Waals surface area contributed by atoms with Gasteiger partial charge in [0.15, 0.2) is 0 Å². The summed E-state index contributed by atoms with van der Waals surface area (Å²) < 4.78 is 11.7. The molecule has 0 aromatic rings. The summed E-state index contributed by atoms with van der Waals surface area (Å²) in [5, 5.41) is 2.90. The standard InChI is InChI=1S/C28H52N2O4/c1-5-8-9-10-11-12-13-14-15-16-17-18-19-33-28(32)23-20-25(29)27(30-22(4)31)26(21-23)34-24(6-2)7-3/h21,24-27H,5-20,29H2,1-4H3,(H,30,31)/t25-,26+,27+/m0/s1. The van der Waals surface area contributed by atoms with Crippen LogP contribution in [-0.2, 0) is 19.1 Å². The van der Waals surface area contributed by atoms with Gasteiger partial charge in [0.2, 0.25) is 5.91 Å². The average molecular weight is 481 g/mol. The van der Waals surface area contributed by atoms with Gasteiger partial charge in [0, 0.05) is 18.5 Å². The highest BCUT2D eigenvalue weighted by molar-refractivity contribution is 5.89. The molecule has 3 atom stereocenters. The highest BCUT2D eigenvalue weighted by Crippen LogP contribution is 2.24. The summed E-state index contributed by atoms with van der Waals surface area (Å²) in [4.78, 5) is 24.3. The van der Waals surface area contributed by atoms with Crippen LogP contribution < -0.4 is 11.1 Å². The van der Waals surface area contributed by atoms with E-state index in [4.69, 9.17) is 15.2 Å². The predicted octanol–water partition coefficient (Wildman–Crippen LogP) is 5.97. The Bertz CT molecular complexity index is 589. The number of esters is 1. The lowest BCUT2D eigenvalue weighted by molar-refractivity contribution is -0.139. The van der Waals surface area contributed by atoms with Gasteiger partial charge < -0.3 is 20.5 Å². The molecular formula is C28H52N2O4. The molecule has 6 nitrogen and oxygen atoms in total. The minimum absolute atomic E-state index is 0.0566. The number of rotatable bonds is 19. The van der Waals surface area contributed by atoms with E-state index < -0.39 is 6.10 Å². The van der Waals surface area contributed by atoms with Gasteiger partial charge in [0.05, 0.1) is 24.9 Å². The van der Waals surface area contributed by atoms with Crippen molar-refractivity contribution in [3.05, 3.63) is 11.6 Å². The molecule has 0 aromatic heterocycles. The molecule has 198 valence electrons. The molecule has 0 spiro atoms. The number of nitrogens with two attached hydrogens (primary N) is 1. The topological polar surface area (TPSA) is 90.6 Å². The normalized spacial score (nSPS) is 20.3. The van der Waals surface area contributed by atoms with Crippen molar-refractivity contribution in [3.8, 4) is 0 Å². The SMILES string of the molecule is CCCCCCCCCCCCCCOC(=O)C1=C[C@@H](OC(CC)CC)[C@H](NC(C)=O)[C@@H](N)C1. The van der Waals surface area contributed by atoms with Crippen LogP contribution in [0.5, 0.6) is 0 Å². The third kappa shape index (κ3) is 12.9. The molecule has 0 aliphatic heterocycles. The zero-order chi connectivity index (χ0) is 25.2. The minimum Gasteiger partial charge on any atom is -0.462 e. The van der Waals surface area contributed by atoms with E-state index in [0.29, 0.717) is 18.6 Å². The first-order chi connectivity index (χ1) is 16.4. The van der Waals surface area contributed by atoms with Crippen molar-refractivity contribution < 1.29 is 19.1 Å². The van der Waals surface area contributed by atoms with Crippen molar-refractivity contribution in [2.24, 2.45) is 5.73 Å². The first-order valence-electron chi connectivity index (χ1n) is 14.0. The van der Waals surface area contributed by atoms with Gasteiger partial charge >= 0.3 is 5.97 Å². The zero-order valence-electron chi connectivity index (χ0n) is 22.4. The predicted molar refractivity (Wildman–Crippen MR) is 140 cm³/mol. The molecule has 0 saturated carbocycles. The van der Waals surface area contributed by atoms with Gasteiger partial charge in [0.1, 0.15) is 0 Å². The van der Waals surface area contributed by atoms with Gasteiger partial charge in [-0.15, -0.1) is 0 Å². The van der Waals surface area contributed by atoms with Crippen LogP contribution in [0.3, 0.4) is 0 Å². The maximum absolute atomic E-state index is 12.7. The van der Waals surface area contributed by atoms with Gasteiger partial charge in [-0.1, -0.05) is 91.4 Å². The molecule has 1 amide bonds. The molecule has 0 bridgehead atoms. The maximum atomic E-state index is 12.7. The maximum Gasteiger partial charge on any atom is 0.333 e. The quantitative estimate of drug-likeness (QED) is 0.176. The summed E-state index contributed by atoms with van der Waals surface area (Å²) in [7, 11) is 0. The second-order valence-corrected chi connectivity index (χ2v) is 9.85. The Morgan fingerprint density at radius 2 is 1.47 bits per heavy atom. The van der Waals surface area contributed by atoms with Crippen molar-refractivity contribution in [1.82, 2.24) is 5.32 Å². The molecule has 6 heteroatoms. The number of ether oxygens (including phenoxy) is 2. The summed E-state index contributed by atoms with van der Waals surface area (Å²) in [5.74, 6) is -0.456. The van der Waals surface area contributed by atoms with Gasteiger partial charge in [-0.2, -0.15) is 0 Å². The van der Waals surface area contributed by atoms with Crippen LogP contribution in [0.4, 0.5) is 0 Å². The Morgan fingerprint density at radius 1 is 0.941 bits per heavy atom. The van der Waals surface area contributed by atoms with E-state index in [2.05, 4.69) is 26.1 Å². The third-order valence-electron chi connectivity index (χ3n) is 6.76. The first-order valence-corrected chi connectivity index (χ1v) is 14.0. The number of carbonyl (C=O) groups excluding carboxylic acids is 2. The molecule has 0 saturated heterocycles. The van der Waals surface area contributed by atoms with Crippen molar-refractivity contribution in [1.29, 1.82) is 0 Å². The van der Waals surface area contributed by atoms with Crippen LogP contribution >= 0.6 is 0 Å². The van der Waals surface area contributed by atoms with Crippen molar-refractivity contribution >= 4 is 11.9 Å². The minimum atomic E-state index is -0.424. The fraction of sp³-hybridized carbons (Fsp3) is 0.857. The first kappa shape index (κ1) is 30.6. The Hall–Kier alpha value is -1.40. The van der Waals surface area contributed by atoms with E-state index in [9.17, 15) is 9.59 Å². The van der Waals surface area contributed by atoms with Crippen LogP contribution in [0.1, 0.15) is 124 Å². The summed E-state index contributed by atoms with van der Waals surface area (Å²) in [6, 6.07) is -0.728. The molecule has 1 rings (SSSR count). The van der Waals surface area contributed by atoms with Gasteiger partial charge in [-0.05, 0) is 31.8 Å². The van der Waals surface area contributed by atoms with E-state index in [0.717, 1.165) is 25.7 Å². The number of carbonyl (C=O) groups is 2. The second kappa shape index (κ2) is 18.9. The van der Waals surface area contributed by atoms with Crippen molar-refractivity contribution in [2.45, 2.75) is 148 Å². The van der Waals surface area contributed by atoms with Gasteiger partial charge in [-0.3, -0.25) is 4.79 Å². The Balaban J connectivity index is 2.33. The highest BCUT2D eigenvalue weighted by atomic mass is 16.5. The van der Waals surface area contributed by atoms with E-state index in [1.165, 1.54) is 71.1 Å². The summed E-state index contributed by atoms with van der Waals surface area (Å²) in [6.45, 7) is 8.31. The van der Waals surface area contributed by atoms with Crippen LogP contribution in [0, 0.1) is 0 Å². The number of amides is 1. The largest absolute Gasteiger partial charge is 0.462 e. The molecule has 0 aromatic carbocycles. The lowest BCUT2D eigenvalue weighted by atomic mass is 9.88. The molecular weight excluding hydrogens is 428 g/mol. The number of unbranched alkanes of at least 4 members (excludes halogenated alkanes) is 11. The van der Waals surface area contributed by atoms with Crippen LogP contribution in [0.2, 0.25) is 0 Å². The molecule has 34 heavy (non-hydrogen) atoms. The molecule has 3 N–H and O–H groups in total. The molecule has 1 aliphatic rings. The summed E-state index contributed by atoms with van der Waals surface area (Å²) >= 11 is 0. The number of nitrogens with one attached hydrogen (secondary N) is 1. The van der Waals surface area contributed by atoms with Crippen LogP contribution in [0.25, 0.3) is 0 Å². The fourth-order valence-corrected chi connectivity index (χ4v) is 4.60. The third-order valence-corrected chi connectivity index (χ3v) is 6.76. The lowest BCUT2D eigenvalue weighted by Crippen LogP contribution is -2.57. The summed E-state index contributed by atoms with van der Waals surface area (Å²) in [6.07, 6.45) is 18.9. The fourth-order valence-electron chi connectivity index (χ4n) is 4.60. The van der Waals surface area contributed by atoms with E-state index in [1.54, 1.807) is 0 Å². The van der Waals surface area contributed by atoms with Gasteiger partial charge in [-0.25, -0.2) is 4.79 Å². The lowest BCUT2D eigenvalue weighted by Gasteiger charge is -2.36. The van der Waals surface area contributed by atoms with E-state index >= 15 is 0 Å². The molecule has 0 heterocycles. The van der Waals surface area contributed by atoms with Crippen LogP contribution in [0.15, 0.2) is 11.6 Å².